The summed E-state index contributed by atoms with van der Waals surface area (Å²) < 4.78 is 0. The third-order valence-electron chi connectivity index (χ3n) is 4.27. The zero-order valence-corrected chi connectivity index (χ0v) is 17.2. The van der Waals surface area contributed by atoms with Gasteiger partial charge in [0, 0.05) is 44.6 Å². The second kappa shape index (κ2) is 11.1. The highest BCUT2D eigenvalue weighted by molar-refractivity contribution is 8.00. The Morgan fingerprint density at radius 3 is 2.56 bits per heavy atom. The van der Waals surface area contributed by atoms with Gasteiger partial charge in [0.2, 0.25) is 23.6 Å². The first-order chi connectivity index (χ1) is 12.7. The van der Waals surface area contributed by atoms with Gasteiger partial charge in [-0.05, 0) is 27.2 Å². The third kappa shape index (κ3) is 7.32. The topological polar surface area (TPSA) is 104 Å². The van der Waals surface area contributed by atoms with Crippen molar-refractivity contribution in [3.05, 3.63) is 0 Å². The first-order valence-electron chi connectivity index (χ1n) is 9.13. The highest BCUT2D eigenvalue weighted by Gasteiger charge is 2.38. The quantitative estimate of drug-likeness (QED) is 0.403. The van der Waals surface area contributed by atoms with Crippen molar-refractivity contribution in [1.82, 2.24) is 15.1 Å². The Bertz CT molecular complexity index is 581. The fraction of sp³-hybridized carbons (Fsp3) is 0.722. The lowest BCUT2D eigenvalue weighted by molar-refractivity contribution is -0.138. The fourth-order valence-corrected chi connectivity index (χ4v) is 3.70. The van der Waals surface area contributed by atoms with Crippen LogP contribution in [0.5, 0.6) is 0 Å². The summed E-state index contributed by atoms with van der Waals surface area (Å²) in [6.45, 7) is 5.61. The zero-order valence-electron chi connectivity index (χ0n) is 16.4. The second-order valence-corrected chi connectivity index (χ2v) is 8.21. The van der Waals surface area contributed by atoms with Gasteiger partial charge in [-0.15, -0.1) is 11.8 Å². The van der Waals surface area contributed by atoms with Crippen molar-refractivity contribution < 1.29 is 24.0 Å². The molecular formula is C18H29N3O5S. The van der Waals surface area contributed by atoms with Crippen LogP contribution in [-0.2, 0) is 24.0 Å². The van der Waals surface area contributed by atoms with Crippen molar-refractivity contribution in [3.8, 4) is 0 Å². The number of hydrogen-bond acceptors (Lipinski definition) is 6. The first-order valence-corrected chi connectivity index (χ1v) is 10.2. The maximum absolute atomic E-state index is 12.4. The molecule has 2 unspecified atom stereocenters. The standard InChI is InChI=1S/C18H29N3O5S/c1-12(2)19-15(23)6-5-8-21-17(25)10-14(18(21)26)27-9-7-16(24)20(4)13(3)11-22/h11-14H,5-10H2,1-4H3,(H,19,23). The second-order valence-electron chi connectivity index (χ2n) is 6.90. The fourth-order valence-electron chi connectivity index (χ4n) is 2.59. The van der Waals surface area contributed by atoms with Crippen molar-refractivity contribution >= 4 is 41.7 Å². The summed E-state index contributed by atoms with van der Waals surface area (Å²) in [5, 5.41) is 2.29. The molecular weight excluding hydrogens is 370 g/mol. The minimum Gasteiger partial charge on any atom is -0.354 e. The summed E-state index contributed by atoms with van der Waals surface area (Å²) in [6, 6.07) is -0.426. The van der Waals surface area contributed by atoms with E-state index in [2.05, 4.69) is 5.32 Å². The molecule has 1 heterocycles. The number of aldehydes is 1. The molecule has 0 radical (unpaired) electrons. The molecule has 0 aromatic heterocycles. The SMILES string of the molecule is CC(C)NC(=O)CCCN1C(=O)CC(SCCC(=O)N(C)C(C)C=O)C1=O. The lowest BCUT2D eigenvalue weighted by Gasteiger charge is -2.20. The third-order valence-corrected chi connectivity index (χ3v) is 5.48. The van der Waals surface area contributed by atoms with E-state index in [1.165, 1.54) is 21.6 Å². The number of carbonyl (C=O) groups is 5. The summed E-state index contributed by atoms with van der Waals surface area (Å²) in [4.78, 5) is 61.3. The van der Waals surface area contributed by atoms with Crippen LogP contribution in [-0.4, -0.2) is 76.4 Å². The molecule has 27 heavy (non-hydrogen) atoms. The molecule has 152 valence electrons. The van der Waals surface area contributed by atoms with E-state index in [9.17, 15) is 24.0 Å². The number of nitrogens with one attached hydrogen (secondary N) is 1. The van der Waals surface area contributed by atoms with Gasteiger partial charge in [0.1, 0.15) is 6.29 Å². The van der Waals surface area contributed by atoms with Gasteiger partial charge in [0.05, 0.1) is 11.3 Å². The van der Waals surface area contributed by atoms with Crippen LogP contribution < -0.4 is 5.32 Å². The van der Waals surface area contributed by atoms with E-state index >= 15 is 0 Å². The molecule has 0 aromatic rings. The smallest absolute Gasteiger partial charge is 0.242 e. The maximum atomic E-state index is 12.4. The Kier molecular flexibility index (Phi) is 9.48. The number of carbonyl (C=O) groups excluding carboxylic acids is 5. The number of likely N-dealkylation sites (N-methyl/N-ethyl adjacent to an activating group) is 1. The summed E-state index contributed by atoms with van der Waals surface area (Å²) in [5.41, 5.74) is 0. The molecule has 0 saturated carbocycles. The van der Waals surface area contributed by atoms with E-state index in [0.29, 0.717) is 18.5 Å². The molecule has 4 amide bonds. The Labute approximate surface area is 164 Å². The van der Waals surface area contributed by atoms with Crippen LogP contribution in [0.3, 0.4) is 0 Å². The van der Waals surface area contributed by atoms with Gasteiger partial charge in [0.25, 0.3) is 0 Å². The number of rotatable bonds is 11. The predicted octanol–water partition coefficient (Wildman–Crippen LogP) is 0.588. The van der Waals surface area contributed by atoms with E-state index in [4.69, 9.17) is 0 Å². The molecule has 9 heteroatoms. The molecule has 1 aliphatic rings. The van der Waals surface area contributed by atoms with Crippen molar-refractivity contribution in [2.75, 3.05) is 19.3 Å². The molecule has 1 N–H and O–H groups in total. The molecule has 0 aromatic carbocycles. The van der Waals surface area contributed by atoms with E-state index < -0.39 is 11.3 Å². The molecule has 0 aliphatic carbocycles. The summed E-state index contributed by atoms with van der Waals surface area (Å²) in [7, 11) is 1.56. The molecule has 0 bridgehead atoms. The molecule has 8 nitrogen and oxygen atoms in total. The van der Waals surface area contributed by atoms with Crippen LogP contribution in [0.4, 0.5) is 0 Å². The molecule has 0 spiro atoms. The molecule has 1 aliphatic heterocycles. The van der Waals surface area contributed by atoms with Gasteiger partial charge < -0.3 is 15.0 Å². The molecule has 1 saturated heterocycles. The van der Waals surface area contributed by atoms with Crippen LogP contribution in [0.25, 0.3) is 0 Å². The van der Waals surface area contributed by atoms with E-state index in [0.717, 1.165) is 0 Å². The van der Waals surface area contributed by atoms with E-state index in [1.807, 2.05) is 13.8 Å². The largest absolute Gasteiger partial charge is 0.354 e. The number of likely N-dealkylation sites (tertiary alicyclic amines) is 1. The summed E-state index contributed by atoms with van der Waals surface area (Å²) >= 11 is 1.29. The minimum absolute atomic E-state index is 0.0598. The van der Waals surface area contributed by atoms with Gasteiger partial charge >= 0.3 is 0 Å². The average molecular weight is 400 g/mol. The lowest BCUT2D eigenvalue weighted by atomic mass is 10.2. The van der Waals surface area contributed by atoms with Gasteiger partial charge in [-0.25, -0.2) is 0 Å². The van der Waals surface area contributed by atoms with Crippen LogP contribution in [0.2, 0.25) is 0 Å². The highest BCUT2D eigenvalue weighted by Crippen LogP contribution is 2.26. The van der Waals surface area contributed by atoms with Gasteiger partial charge in [-0.3, -0.25) is 24.1 Å². The van der Waals surface area contributed by atoms with Crippen LogP contribution in [0.1, 0.15) is 46.5 Å². The minimum atomic E-state index is -0.486. The highest BCUT2D eigenvalue weighted by atomic mass is 32.2. The first kappa shape index (κ1) is 23.1. The molecule has 1 fully saturated rings. The van der Waals surface area contributed by atoms with Crippen molar-refractivity contribution in [2.24, 2.45) is 0 Å². The zero-order chi connectivity index (χ0) is 20.6. The van der Waals surface area contributed by atoms with Gasteiger partial charge in [0.15, 0.2) is 0 Å². The molecule has 1 rings (SSSR count). The van der Waals surface area contributed by atoms with Crippen LogP contribution in [0.15, 0.2) is 0 Å². The normalized spacial score (nSPS) is 18.0. The van der Waals surface area contributed by atoms with Crippen molar-refractivity contribution in [1.29, 1.82) is 0 Å². The van der Waals surface area contributed by atoms with Crippen LogP contribution >= 0.6 is 11.8 Å². The average Bonchev–Trinajstić information content (AvgIpc) is 2.87. The predicted molar refractivity (Wildman–Crippen MR) is 103 cm³/mol. The monoisotopic (exact) mass is 399 g/mol. The van der Waals surface area contributed by atoms with E-state index in [1.54, 1.807) is 14.0 Å². The number of nitrogens with zero attached hydrogens (tertiary/aromatic N) is 2. The van der Waals surface area contributed by atoms with Crippen molar-refractivity contribution in [2.45, 2.75) is 63.8 Å². The summed E-state index contributed by atoms with van der Waals surface area (Å²) in [5.74, 6) is -0.353. The number of amides is 4. The number of hydrogen-bond donors (Lipinski definition) is 1. The van der Waals surface area contributed by atoms with Gasteiger partial charge in [-0.2, -0.15) is 0 Å². The van der Waals surface area contributed by atoms with Gasteiger partial charge in [-0.1, -0.05) is 0 Å². The Hall–Kier alpha value is -1.90. The molecule has 2 atom stereocenters. The Morgan fingerprint density at radius 2 is 1.96 bits per heavy atom. The Morgan fingerprint density at radius 1 is 1.30 bits per heavy atom. The lowest BCUT2D eigenvalue weighted by Crippen LogP contribution is -2.36. The van der Waals surface area contributed by atoms with E-state index in [-0.39, 0.29) is 55.5 Å². The van der Waals surface area contributed by atoms with Crippen LogP contribution in [0, 0.1) is 0 Å². The van der Waals surface area contributed by atoms with Crippen molar-refractivity contribution in [3.63, 3.8) is 0 Å². The summed E-state index contributed by atoms with van der Waals surface area (Å²) in [6.07, 6.45) is 1.72. The Balaban J connectivity index is 2.38. The maximum Gasteiger partial charge on any atom is 0.242 e. The number of thioether (sulfide) groups is 1. The number of imide groups is 1.